The molecule has 6 nitrogen and oxygen atoms in total. The summed E-state index contributed by atoms with van der Waals surface area (Å²) in [6.45, 7) is 3.78. The van der Waals surface area contributed by atoms with Crippen LogP contribution in [0.15, 0.2) is 47.6 Å². The summed E-state index contributed by atoms with van der Waals surface area (Å²) in [5.74, 6) is 0.0148. The number of amides is 2. The van der Waals surface area contributed by atoms with E-state index in [0.717, 1.165) is 0 Å². The van der Waals surface area contributed by atoms with Gasteiger partial charge < -0.3 is 10.1 Å². The van der Waals surface area contributed by atoms with Crippen molar-refractivity contribution < 1.29 is 14.3 Å². The van der Waals surface area contributed by atoms with E-state index in [0.29, 0.717) is 34.2 Å². The second kappa shape index (κ2) is 8.84. The Morgan fingerprint density at radius 3 is 2.76 bits per heavy atom. The molecule has 0 aliphatic heterocycles. The first-order chi connectivity index (χ1) is 12.0. The van der Waals surface area contributed by atoms with E-state index in [4.69, 9.17) is 16.3 Å². The number of hydrogen-bond acceptors (Lipinski definition) is 4. The van der Waals surface area contributed by atoms with Crippen molar-refractivity contribution >= 4 is 35.3 Å². The molecule has 0 atom stereocenters. The third-order valence-electron chi connectivity index (χ3n) is 3.09. The van der Waals surface area contributed by atoms with Crippen molar-refractivity contribution in [2.24, 2.45) is 5.10 Å². The summed E-state index contributed by atoms with van der Waals surface area (Å²) in [4.78, 5) is 23.2. The number of hydrazone groups is 1. The largest absolute Gasteiger partial charge is 0.493 e. The average Bonchev–Trinajstić information content (AvgIpc) is 2.57. The fourth-order valence-electron chi connectivity index (χ4n) is 2.07. The predicted molar refractivity (Wildman–Crippen MR) is 98.4 cm³/mol. The molecule has 2 aromatic rings. The van der Waals surface area contributed by atoms with Gasteiger partial charge >= 0.3 is 0 Å². The maximum atomic E-state index is 12.2. The molecule has 0 aliphatic rings. The minimum atomic E-state index is -0.400. The van der Waals surface area contributed by atoms with Gasteiger partial charge in [0.25, 0.3) is 5.91 Å². The molecular weight excluding hydrogens is 342 g/mol. The van der Waals surface area contributed by atoms with Gasteiger partial charge in [0.2, 0.25) is 5.91 Å². The Morgan fingerprint density at radius 2 is 2.04 bits per heavy atom. The van der Waals surface area contributed by atoms with Crippen molar-refractivity contribution in [3.63, 3.8) is 0 Å². The summed E-state index contributed by atoms with van der Waals surface area (Å²) in [6, 6.07) is 11.7. The summed E-state index contributed by atoms with van der Waals surface area (Å²) in [5.41, 5.74) is 4.00. The summed E-state index contributed by atoms with van der Waals surface area (Å²) < 4.78 is 5.48. The first-order valence-electron chi connectivity index (χ1n) is 7.63. The molecule has 2 aromatic carbocycles. The number of halogens is 1. The van der Waals surface area contributed by atoms with Crippen LogP contribution in [0.25, 0.3) is 0 Å². The Morgan fingerprint density at radius 1 is 1.24 bits per heavy atom. The molecular formula is C18H18ClN3O3. The van der Waals surface area contributed by atoms with Gasteiger partial charge in [0.05, 0.1) is 12.8 Å². The smallest absolute Gasteiger partial charge is 0.271 e. The fraction of sp³-hybridized carbons (Fsp3) is 0.167. The quantitative estimate of drug-likeness (QED) is 0.612. The van der Waals surface area contributed by atoms with Crippen LogP contribution in [0, 0.1) is 0 Å². The summed E-state index contributed by atoms with van der Waals surface area (Å²) >= 11 is 5.97. The highest BCUT2D eigenvalue weighted by Crippen LogP contribution is 2.21. The molecule has 2 rings (SSSR count). The molecule has 2 N–H and O–H groups in total. The van der Waals surface area contributed by atoms with Gasteiger partial charge in [0.15, 0.2) is 0 Å². The monoisotopic (exact) mass is 359 g/mol. The van der Waals surface area contributed by atoms with E-state index in [1.165, 1.54) is 13.1 Å². The zero-order chi connectivity index (χ0) is 18.2. The SMILES string of the molecule is CCOc1ccc(Cl)cc1C=NNC(=O)c1cccc(NC(C)=O)c1. The molecule has 2 amide bonds. The Balaban J connectivity index is 2.08. The van der Waals surface area contributed by atoms with E-state index in [1.807, 2.05) is 6.92 Å². The van der Waals surface area contributed by atoms with Crippen molar-refractivity contribution in [2.45, 2.75) is 13.8 Å². The van der Waals surface area contributed by atoms with Crippen LogP contribution in [-0.2, 0) is 4.79 Å². The topological polar surface area (TPSA) is 79.8 Å². The third kappa shape index (κ3) is 5.61. The van der Waals surface area contributed by atoms with Gasteiger partial charge in [-0.25, -0.2) is 5.43 Å². The second-order valence-electron chi connectivity index (χ2n) is 5.08. The number of nitrogens with one attached hydrogen (secondary N) is 2. The molecule has 130 valence electrons. The van der Waals surface area contributed by atoms with Crippen LogP contribution >= 0.6 is 11.6 Å². The number of ether oxygens (including phenoxy) is 1. The standard InChI is InChI=1S/C18H18ClN3O3/c1-3-25-17-8-7-15(19)9-14(17)11-20-22-18(24)13-5-4-6-16(10-13)21-12(2)23/h4-11H,3H2,1-2H3,(H,21,23)(H,22,24). The Labute approximate surface area is 150 Å². The Hall–Kier alpha value is -2.86. The van der Waals surface area contributed by atoms with Crippen LogP contribution in [0.4, 0.5) is 5.69 Å². The first-order valence-corrected chi connectivity index (χ1v) is 8.00. The lowest BCUT2D eigenvalue weighted by molar-refractivity contribution is -0.114. The lowest BCUT2D eigenvalue weighted by Gasteiger charge is -2.07. The van der Waals surface area contributed by atoms with E-state index >= 15 is 0 Å². The molecule has 0 unspecified atom stereocenters. The van der Waals surface area contributed by atoms with Crippen molar-refractivity contribution in [3.8, 4) is 5.75 Å². The molecule has 0 saturated carbocycles. The van der Waals surface area contributed by atoms with Gasteiger partial charge in [-0.1, -0.05) is 17.7 Å². The maximum Gasteiger partial charge on any atom is 0.271 e. The van der Waals surface area contributed by atoms with Gasteiger partial charge in [0, 0.05) is 28.8 Å². The number of benzene rings is 2. The minimum absolute atomic E-state index is 0.208. The van der Waals surface area contributed by atoms with Gasteiger partial charge in [-0.3, -0.25) is 9.59 Å². The van der Waals surface area contributed by atoms with Gasteiger partial charge in [0.1, 0.15) is 5.75 Å². The lowest BCUT2D eigenvalue weighted by atomic mass is 10.2. The van der Waals surface area contributed by atoms with Crippen LogP contribution in [-0.4, -0.2) is 24.6 Å². The summed E-state index contributed by atoms with van der Waals surface area (Å²) in [7, 11) is 0. The highest BCUT2D eigenvalue weighted by molar-refractivity contribution is 6.30. The predicted octanol–water partition coefficient (Wildman–Crippen LogP) is 3.46. The van der Waals surface area contributed by atoms with Gasteiger partial charge in [-0.2, -0.15) is 5.10 Å². The van der Waals surface area contributed by atoms with E-state index in [-0.39, 0.29) is 5.91 Å². The average molecular weight is 360 g/mol. The lowest BCUT2D eigenvalue weighted by Crippen LogP contribution is -2.18. The molecule has 0 bridgehead atoms. The molecule has 7 heteroatoms. The molecule has 0 radical (unpaired) electrons. The number of rotatable bonds is 6. The van der Waals surface area contributed by atoms with Crippen LogP contribution in [0.1, 0.15) is 29.8 Å². The molecule has 0 spiro atoms. The third-order valence-corrected chi connectivity index (χ3v) is 3.32. The summed E-state index contributed by atoms with van der Waals surface area (Å²) in [6.07, 6.45) is 1.46. The van der Waals surface area contributed by atoms with Crippen LogP contribution < -0.4 is 15.5 Å². The summed E-state index contributed by atoms with van der Waals surface area (Å²) in [5, 5.41) is 7.10. The Kier molecular flexibility index (Phi) is 6.54. The van der Waals surface area contributed by atoms with Gasteiger partial charge in [-0.05, 0) is 43.3 Å². The molecule has 25 heavy (non-hydrogen) atoms. The number of hydrogen-bond donors (Lipinski definition) is 2. The molecule has 0 saturated heterocycles. The van der Waals surface area contributed by atoms with E-state index in [9.17, 15) is 9.59 Å². The van der Waals surface area contributed by atoms with Crippen LogP contribution in [0.3, 0.4) is 0 Å². The van der Waals surface area contributed by atoms with Crippen molar-refractivity contribution in [1.82, 2.24) is 5.43 Å². The van der Waals surface area contributed by atoms with Crippen molar-refractivity contribution in [3.05, 3.63) is 58.6 Å². The minimum Gasteiger partial charge on any atom is -0.493 e. The van der Waals surface area contributed by atoms with E-state index < -0.39 is 5.91 Å². The molecule has 0 fully saturated rings. The first kappa shape index (κ1) is 18.5. The molecule has 0 heterocycles. The number of nitrogens with zero attached hydrogens (tertiary/aromatic N) is 1. The van der Waals surface area contributed by atoms with E-state index in [2.05, 4.69) is 15.8 Å². The maximum absolute atomic E-state index is 12.2. The normalized spacial score (nSPS) is 10.5. The zero-order valence-electron chi connectivity index (χ0n) is 13.9. The van der Waals surface area contributed by atoms with Crippen molar-refractivity contribution in [1.29, 1.82) is 0 Å². The molecule has 0 aromatic heterocycles. The highest BCUT2D eigenvalue weighted by Gasteiger charge is 2.06. The van der Waals surface area contributed by atoms with Crippen molar-refractivity contribution in [2.75, 3.05) is 11.9 Å². The zero-order valence-corrected chi connectivity index (χ0v) is 14.6. The highest BCUT2D eigenvalue weighted by atomic mass is 35.5. The Bertz CT molecular complexity index is 806. The molecule has 0 aliphatic carbocycles. The number of carbonyl (C=O) groups is 2. The van der Waals surface area contributed by atoms with Gasteiger partial charge in [-0.15, -0.1) is 0 Å². The second-order valence-corrected chi connectivity index (χ2v) is 5.51. The van der Waals surface area contributed by atoms with Crippen LogP contribution in [0.5, 0.6) is 5.75 Å². The van der Waals surface area contributed by atoms with Crippen LogP contribution in [0.2, 0.25) is 5.02 Å². The number of anilines is 1. The number of carbonyl (C=O) groups excluding carboxylic acids is 2. The fourth-order valence-corrected chi connectivity index (χ4v) is 2.25. The van der Waals surface area contributed by atoms with E-state index in [1.54, 1.807) is 42.5 Å².